The molecule has 0 atom stereocenters. The molecule has 1 rings (SSSR count). The Kier molecular flexibility index (Phi) is 5.55. The summed E-state index contributed by atoms with van der Waals surface area (Å²) in [6.45, 7) is 2.29. The van der Waals surface area contributed by atoms with Crippen LogP contribution in [0, 0.1) is 5.41 Å². The van der Waals surface area contributed by atoms with Crippen LogP contribution in [0.1, 0.15) is 51.9 Å². The summed E-state index contributed by atoms with van der Waals surface area (Å²) in [6, 6.07) is 0. The highest BCUT2D eigenvalue weighted by Gasteiger charge is 2.37. The highest BCUT2D eigenvalue weighted by atomic mass is 32.2. The van der Waals surface area contributed by atoms with Gasteiger partial charge >= 0.3 is 0 Å². The van der Waals surface area contributed by atoms with E-state index >= 15 is 0 Å². The van der Waals surface area contributed by atoms with Gasteiger partial charge in [-0.3, -0.25) is 5.41 Å². The number of hydrogen-bond acceptors (Lipinski definition) is 3. The van der Waals surface area contributed by atoms with Crippen LogP contribution in [-0.2, 0) is 10.2 Å². The molecule has 0 aromatic carbocycles. The lowest BCUT2D eigenvalue weighted by atomic mass is 9.90. The molecule has 1 saturated carbocycles. The van der Waals surface area contributed by atoms with Crippen LogP contribution >= 0.6 is 0 Å². The van der Waals surface area contributed by atoms with Gasteiger partial charge in [0.15, 0.2) is 0 Å². The average molecular weight is 276 g/mol. The maximum Gasteiger partial charge on any atom is 0.277 e. The zero-order chi connectivity index (χ0) is 13.6. The van der Waals surface area contributed by atoms with Gasteiger partial charge in [-0.05, 0) is 19.3 Å². The van der Waals surface area contributed by atoms with Crippen molar-refractivity contribution in [2.24, 2.45) is 5.73 Å². The van der Waals surface area contributed by atoms with E-state index in [0.29, 0.717) is 19.4 Å². The van der Waals surface area contributed by atoms with Gasteiger partial charge in [-0.25, -0.2) is 4.72 Å². The molecule has 5 N–H and O–H groups in total. The van der Waals surface area contributed by atoms with Gasteiger partial charge in [-0.15, -0.1) is 0 Å². The molecule has 0 saturated heterocycles. The Balaban J connectivity index is 2.82. The second-order valence-electron chi connectivity index (χ2n) is 4.91. The number of nitrogens with two attached hydrogens (primary N) is 1. The van der Waals surface area contributed by atoms with Gasteiger partial charge in [0.25, 0.3) is 10.2 Å². The Morgan fingerprint density at radius 3 is 2.28 bits per heavy atom. The fourth-order valence-electron chi connectivity index (χ4n) is 2.29. The van der Waals surface area contributed by atoms with Crippen LogP contribution < -0.4 is 15.2 Å². The average Bonchev–Trinajstić information content (AvgIpc) is 2.52. The Bertz CT molecular complexity index is 373. The largest absolute Gasteiger partial charge is 0.386 e. The summed E-state index contributed by atoms with van der Waals surface area (Å²) in [5.41, 5.74) is 4.74. The minimum Gasteiger partial charge on any atom is -0.386 e. The number of amidine groups is 1. The van der Waals surface area contributed by atoms with E-state index in [4.69, 9.17) is 11.1 Å². The molecule has 0 heterocycles. The predicted octanol–water partition coefficient (Wildman–Crippen LogP) is 0.849. The molecule has 0 bridgehead atoms. The summed E-state index contributed by atoms with van der Waals surface area (Å²) >= 11 is 0. The molecule has 0 radical (unpaired) electrons. The lowest BCUT2D eigenvalue weighted by molar-refractivity contribution is 0.430. The van der Waals surface area contributed by atoms with E-state index < -0.39 is 15.7 Å². The minimum atomic E-state index is -3.58. The van der Waals surface area contributed by atoms with E-state index in [0.717, 1.165) is 32.1 Å². The van der Waals surface area contributed by atoms with Crippen molar-refractivity contribution in [1.82, 2.24) is 9.44 Å². The molecule has 0 aliphatic heterocycles. The molecule has 1 aliphatic carbocycles. The molecular weight excluding hydrogens is 252 g/mol. The smallest absolute Gasteiger partial charge is 0.277 e. The SMILES string of the molecule is CCCNS(=O)(=O)NC1(C(=N)N)CCCCCC1. The molecule has 1 fully saturated rings. The van der Waals surface area contributed by atoms with Crippen molar-refractivity contribution >= 4 is 16.0 Å². The van der Waals surface area contributed by atoms with Crippen LogP contribution in [0.5, 0.6) is 0 Å². The molecular formula is C11H24N4O2S. The Morgan fingerprint density at radius 1 is 1.28 bits per heavy atom. The lowest BCUT2D eigenvalue weighted by Crippen LogP contribution is -2.59. The van der Waals surface area contributed by atoms with Crippen molar-refractivity contribution in [1.29, 1.82) is 5.41 Å². The second-order valence-corrected chi connectivity index (χ2v) is 6.41. The summed E-state index contributed by atoms with van der Waals surface area (Å²) in [4.78, 5) is 0. The summed E-state index contributed by atoms with van der Waals surface area (Å²) in [5.74, 6) is -0.0775. The van der Waals surface area contributed by atoms with Gasteiger partial charge in [-0.2, -0.15) is 13.1 Å². The molecule has 6 nitrogen and oxygen atoms in total. The Labute approximate surface area is 109 Å². The first-order chi connectivity index (χ1) is 8.42. The molecule has 106 valence electrons. The van der Waals surface area contributed by atoms with Gasteiger partial charge in [0, 0.05) is 6.54 Å². The molecule has 0 aromatic heterocycles. The van der Waals surface area contributed by atoms with Gasteiger partial charge in [0.1, 0.15) is 5.84 Å². The molecule has 0 unspecified atom stereocenters. The summed E-state index contributed by atoms with van der Waals surface area (Å²) in [5, 5.41) is 7.71. The van der Waals surface area contributed by atoms with Crippen molar-refractivity contribution in [3.8, 4) is 0 Å². The number of nitrogens with one attached hydrogen (secondary N) is 3. The van der Waals surface area contributed by atoms with Crippen LogP contribution in [0.2, 0.25) is 0 Å². The first-order valence-electron chi connectivity index (χ1n) is 6.55. The van der Waals surface area contributed by atoms with E-state index in [1.165, 1.54) is 0 Å². The zero-order valence-corrected chi connectivity index (χ0v) is 11.8. The summed E-state index contributed by atoms with van der Waals surface area (Å²) in [7, 11) is -3.58. The Morgan fingerprint density at radius 2 is 1.83 bits per heavy atom. The predicted molar refractivity (Wildman–Crippen MR) is 72.7 cm³/mol. The number of hydrogen-bond donors (Lipinski definition) is 4. The monoisotopic (exact) mass is 276 g/mol. The number of rotatable bonds is 6. The fourth-order valence-corrected chi connectivity index (χ4v) is 3.66. The zero-order valence-electron chi connectivity index (χ0n) is 11.0. The van der Waals surface area contributed by atoms with Crippen LogP contribution in [-0.4, -0.2) is 26.3 Å². The quantitative estimate of drug-likeness (QED) is 0.328. The third-order valence-corrected chi connectivity index (χ3v) is 4.59. The van der Waals surface area contributed by atoms with E-state index in [9.17, 15) is 8.42 Å². The van der Waals surface area contributed by atoms with E-state index in [-0.39, 0.29) is 5.84 Å². The van der Waals surface area contributed by atoms with Crippen molar-refractivity contribution in [2.45, 2.75) is 57.4 Å². The van der Waals surface area contributed by atoms with Crippen molar-refractivity contribution in [3.05, 3.63) is 0 Å². The highest BCUT2D eigenvalue weighted by molar-refractivity contribution is 7.87. The summed E-state index contributed by atoms with van der Waals surface area (Å²) < 4.78 is 28.9. The minimum absolute atomic E-state index is 0.0775. The van der Waals surface area contributed by atoms with Crippen molar-refractivity contribution in [2.75, 3.05) is 6.54 Å². The van der Waals surface area contributed by atoms with Crippen molar-refractivity contribution in [3.63, 3.8) is 0 Å². The Hall–Kier alpha value is -0.660. The fraction of sp³-hybridized carbons (Fsp3) is 0.909. The van der Waals surface area contributed by atoms with E-state index in [1.54, 1.807) is 0 Å². The molecule has 7 heteroatoms. The molecule has 1 aliphatic rings. The highest BCUT2D eigenvalue weighted by Crippen LogP contribution is 2.27. The first-order valence-corrected chi connectivity index (χ1v) is 8.03. The van der Waals surface area contributed by atoms with E-state index in [2.05, 4.69) is 9.44 Å². The van der Waals surface area contributed by atoms with Crippen LogP contribution in [0.4, 0.5) is 0 Å². The van der Waals surface area contributed by atoms with Gasteiger partial charge in [-0.1, -0.05) is 32.6 Å². The standard InChI is InChI=1S/C11H24N4O2S/c1-2-9-14-18(16,17)15-11(10(12)13)7-5-3-4-6-8-11/h14-15H,2-9H2,1H3,(H3,12,13). The molecule has 0 spiro atoms. The first kappa shape index (κ1) is 15.4. The molecule has 0 amide bonds. The van der Waals surface area contributed by atoms with Gasteiger partial charge < -0.3 is 5.73 Å². The van der Waals surface area contributed by atoms with E-state index in [1.807, 2.05) is 6.92 Å². The summed E-state index contributed by atoms with van der Waals surface area (Å²) in [6.07, 6.45) is 5.88. The molecule has 0 aromatic rings. The van der Waals surface area contributed by atoms with Crippen LogP contribution in [0.3, 0.4) is 0 Å². The van der Waals surface area contributed by atoms with Crippen LogP contribution in [0.25, 0.3) is 0 Å². The van der Waals surface area contributed by atoms with Gasteiger partial charge in [0.05, 0.1) is 5.54 Å². The van der Waals surface area contributed by atoms with Crippen LogP contribution in [0.15, 0.2) is 0 Å². The topological polar surface area (TPSA) is 108 Å². The second kappa shape index (κ2) is 6.49. The third kappa shape index (κ3) is 4.22. The third-order valence-electron chi connectivity index (χ3n) is 3.34. The van der Waals surface area contributed by atoms with Gasteiger partial charge in [0.2, 0.25) is 0 Å². The van der Waals surface area contributed by atoms with Crippen molar-refractivity contribution < 1.29 is 8.42 Å². The maximum absolute atomic E-state index is 11.9. The maximum atomic E-state index is 11.9. The normalized spacial score (nSPS) is 20.3. The lowest BCUT2D eigenvalue weighted by Gasteiger charge is -2.32. The molecule has 18 heavy (non-hydrogen) atoms.